The zero-order chi connectivity index (χ0) is 29.5. The molecule has 0 bridgehead atoms. The predicted octanol–water partition coefficient (Wildman–Crippen LogP) is 8.15. The van der Waals surface area contributed by atoms with Gasteiger partial charge in [0, 0.05) is 32.1 Å². The Morgan fingerprint density at radius 3 is 1.27 bits per heavy atom. The van der Waals surface area contributed by atoms with Crippen LogP contribution in [-0.2, 0) is 9.59 Å². The lowest BCUT2D eigenvalue weighted by Crippen LogP contribution is -2.11. The van der Waals surface area contributed by atoms with E-state index < -0.39 is 11.9 Å². The molecule has 0 saturated heterocycles. The third kappa shape index (κ3) is 6.53. The summed E-state index contributed by atoms with van der Waals surface area (Å²) < 4.78 is 22.9. The van der Waals surface area contributed by atoms with Gasteiger partial charge in [0.1, 0.15) is 0 Å². The largest absolute Gasteiger partial charge is 0.493 e. The van der Waals surface area contributed by atoms with Crippen LogP contribution in [0.4, 0.5) is 0 Å². The average Bonchev–Trinajstić information content (AvgIpc) is 2.98. The second kappa shape index (κ2) is 13.1. The van der Waals surface area contributed by atoms with Crippen LogP contribution in [0.15, 0.2) is 119 Å². The Morgan fingerprint density at radius 2 is 0.951 bits per heavy atom. The molecule has 0 heterocycles. The number of carbonyl (C=O) groups excluding carboxylic acids is 2. The number of benzene rings is 4. The molecule has 0 atom stereocenters. The van der Waals surface area contributed by atoms with Gasteiger partial charge in [0.05, 0.1) is 14.2 Å². The van der Waals surface area contributed by atoms with Crippen molar-refractivity contribution in [3.63, 3.8) is 0 Å². The fourth-order valence-corrected chi connectivity index (χ4v) is 5.15. The highest BCUT2D eigenvalue weighted by Crippen LogP contribution is 2.51. The molecule has 0 aromatic heterocycles. The van der Waals surface area contributed by atoms with Crippen LogP contribution in [0.1, 0.15) is 13.8 Å². The van der Waals surface area contributed by atoms with Gasteiger partial charge in [-0.05, 0) is 49.2 Å². The second-order valence-corrected chi connectivity index (χ2v) is 10.2. The minimum Gasteiger partial charge on any atom is -0.493 e. The van der Waals surface area contributed by atoms with Crippen LogP contribution in [0.25, 0.3) is 22.3 Å². The average molecular weight is 567 g/mol. The molecule has 4 aromatic rings. The molecule has 0 spiro atoms. The van der Waals surface area contributed by atoms with Gasteiger partial charge in [0.25, 0.3) is 0 Å². The second-order valence-electron chi connectivity index (χ2n) is 9.11. The van der Waals surface area contributed by atoms with Gasteiger partial charge in [-0.25, -0.2) is 9.59 Å². The molecule has 0 unspecified atom stereocenters. The van der Waals surface area contributed by atoms with Crippen LogP contribution in [0, 0.1) is 0 Å². The fraction of sp³-hybridized carbons (Fsp3) is 0.118. The van der Waals surface area contributed by atoms with Crippen LogP contribution in [0.2, 0.25) is 0 Å². The molecule has 4 aromatic carbocycles. The standard InChI is InChI=1S/C34H30O6S/c1-21(2)33(35)39-31-25(37-5)17-19-27(29(31)23-13-9-7-10-14-23)41-28-20-18-26(38-6)32(40-34(36)22(3)4)30(28)24-15-11-8-12-16-24/h7-20H,1,3H2,2,4-6H3. The molecule has 4 rings (SSSR count). The summed E-state index contributed by atoms with van der Waals surface area (Å²) in [5, 5.41) is 0. The Morgan fingerprint density at radius 1 is 0.585 bits per heavy atom. The summed E-state index contributed by atoms with van der Waals surface area (Å²) >= 11 is 1.43. The molecular formula is C34H30O6S. The third-order valence-corrected chi connectivity index (χ3v) is 7.16. The monoisotopic (exact) mass is 566 g/mol. The van der Waals surface area contributed by atoms with E-state index in [1.165, 1.54) is 26.0 Å². The molecule has 6 nitrogen and oxygen atoms in total. The highest BCUT2D eigenvalue weighted by Gasteiger charge is 2.25. The van der Waals surface area contributed by atoms with Crippen molar-refractivity contribution in [1.29, 1.82) is 0 Å². The van der Waals surface area contributed by atoms with Crippen molar-refractivity contribution in [2.75, 3.05) is 14.2 Å². The van der Waals surface area contributed by atoms with Crippen molar-refractivity contribution < 1.29 is 28.5 Å². The first kappa shape index (κ1) is 29.2. The highest BCUT2D eigenvalue weighted by atomic mass is 32.2. The van der Waals surface area contributed by atoms with E-state index in [4.69, 9.17) is 18.9 Å². The fourth-order valence-electron chi connectivity index (χ4n) is 4.02. The smallest absolute Gasteiger partial charge is 0.338 e. The molecule has 41 heavy (non-hydrogen) atoms. The SMILES string of the molecule is C=C(C)C(=O)Oc1c(OC)ccc(Sc2ccc(OC)c(OC(=O)C(=C)C)c2-c2ccccc2)c1-c1ccccc1. The van der Waals surface area contributed by atoms with Gasteiger partial charge in [0.15, 0.2) is 23.0 Å². The van der Waals surface area contributed by atoms with Crippen molar-refractivity contribution >= 4 is 23.7 Å². The normalized spacial score (nSPS) is 10.4. The first-order chi connectivity index (χ1) is 19.7. The molecule has 0 saturated carbocycles. The Kier molecular flexibility index (Phi) is 9.32. The Hall–Kier alpha value is -4.75. The summed E-state index contributed by atoms with van der Waals surface area (Å²) in [4.78, 5) is 26.9. The van der Waals surface area contributed by atoms with E-state index >= 15 is 0 Å². The van der Waals surface area contributed by atoms with Crippen molar-refractivity contribution in [1.82, 2.24) is 0 Å². The quantitative estimate of drug-likeness (QED) is 0.109. The maximum absolute atomic E-state index is 12.7. The van der Waals surface area contributed by atoms with Crippen molar-refractivity contribution in [3.05, 3.63) is 109 Å². The zero-order valence-electron chi connectivity index (χ0n) is 23.4. The van der Waals surface area contributed by atoms with Crippen molar-refractivity contribution in [3.8, 4) is 45.3 Å². The van der Waals surface area contributed by atoms with Gasteiger partial charge in [-0.15, -0.1) is 0 Å². The Balaban J connectivity index is 1.98. The van der Waals surface area contributed by atoms with Crippen molar-refractivity contribution in [2.24, 2.45) is 0 Å². The Labute approximate surface area is 244 Å². The van der Waals surface area contributed by atoms with E-state index in [9.17, 15) is 9.59 Å². The summed E-state index contributed by atoms with van der Waals surface area (Å²) in [5.41, 5.74) is 3.49. The number of hydrogen-bond donors (Lipinski definition) is 0. The van der Waals surface area contributed by atoms with Crippen molar-refractivity contribution in [2.45, 2.75) is 23.6 Å². The molecule has 7 heteroatoms. The number of esters is 2. The molecule has 0 amide bonds. The number of rotatable bonds is 10. The summed E-state index contributed by atoms with van der Waals surface area (Å²) in [6, 6.07) is 26.5. The lowest BCUT2D eigenvalue weighted by atomic mass is 10.0. The lowest BCUT2D eigenvalue weighted by molar-refractivity contribution is -0.131. The van der Waals surface area contributed by atoms with Crippen LogP contribution < -0.4 is 18.9 Å². The Bertz CT molecular complexity index is 1490. The van der Waals surface area contributed by atoms with Gasteiger partial charge in [-0.2, -0.15) is 0 Å². The van der Waals surface area contributed by atoms with E-state index in [0.717, 1.165) is 20.9 Å². The van der Waals surface area contributed by atoms with E-state index in [1.54, 1.807) is 26.0 Å². The lowest BCUT2D eigenvalue weighted by Gasteiger charge is -2.20. The highest BCUT2D eigenvalue weighted by molar-refractivity contribution is 7.99. The number of ether oxygens (including phenoxy) is 4. The third-order valence-electron chi connectivity index (χ3n) is 6.04. The van der Waals surface area contributed by atoms with Crippen LogP contribution >= 0.6 is 11.8 Å². The van der Waals surface area contributed by atoms with E-state index in [0.29, 0.717) is 22.6 Å². The molecule has 0 N–H and O–H groups in total. The molecule has 0 fully saturated rings. The first-order valence-corrected chi connectivity index (χ1v) is 13.5. The molecular weight excluding hydrogens is 536 g/mol. The van der Waals surface area contributed by atoms with Gasteiger partial charge >= 0.3 is 11.9 Å². The molecule has 0 aliphatic heterocycles. The van der Waals surface area contributed by atoms with Gasteiger partial charge in [-0.1, -0.05) is 85.6 Å². The maximum Gasteiger partial charge on any atom is 0.338 e. The molecule has 0 aliphatic rings. The van der Waals surface area contributed by atoms with Gasteiger partial charge in [0.2, 0.25) is 0 Å². The molecule has 0 aliphatic carbocycles. The van der Waals surface area contributed by atoms with E-state index in [-0.39, 0.29) is 22.6 Å². The van der Waals surface area contributed by atoms with E-state index in [1.807, 2.05) is 72.8 Å². The van der Waals surface area contributed by atoms with E-state index in [2.05, 4.69) is 13.2 Å². The number of carbonyl (C=O) groups is 2. The molecule has 0 radical (unpaired) electrons. The minimum absolute atomic E-state index is 0.259. The van der Waals surface area contributed by atoms with Crippen LogP contribution in [0.3, 0.4) is 0 Å². The maximum atomic E-state index is 12.7. The summed E-state index contributed by atoms with van der Waals surface area (Å²) in [6.45, 7) is 10.6. The molecule has 208 valence electrons. The van der Waals surface area contributed by atoms with Gasteiger partial charge < -0.3 is 18.9 Å². The predicted molar refractivity (Wildman–Crippen MR) is 162 cm³/mol. The summed E-state index contributed by atoms with van der Waals surface area (Å²) in [6.07, 6.45) is 0. The number of hydrogen-bond acceptors (Lipinski definition) is 7. The summed E-state index contributed by atoms with van der Waals surface area (Å²) in [5.74, 6) is 0.228. The number of methoxy groups -OCH3 is 2. The van der Waals surface area contributed by atoms with Crippen LogP contribution in [-0.4, -0.2) is 26.2 Å². The van der Waals surface area contributed by atoms with Crippen LogP contribution in [0.5, 0.6) is 23.0 Å². The minimum atomic E-state index is -0.564. The topological polar surface area (TPSA) is 71.1 Å². The zero-order valence-corrected chi connectivity index (χ0v) is 24.2. The first-order valence-electron chi connectivity index (χ1n) is 12.7. The summed E-state index contributed by atoms with van der Waals surface area (Å²) in [7, 11) is 3.04. The van der Waals surface area contributed by atoms with Gasteiger partial charge in [-0.3, -0.25) is 0 Å².